The van der Waals surface area contributed by atoms with Crippen molar-refractivity contribution in [1.82, 2.24) is 5.43 Å². The lowest BCUT2D eigenvalue weighted by Gasteiger charge is -2.22. The predicted octanol–water partition coefficient (Wildman–Crippen LogP) is 5.77. The Kier molecular flexibility index (Phi) is 9.57. The molecule has 0 unspecified atom stereocenters. The first-order valence-corrected chi connectivity index (χ1v) is 14.9. The Morgan fingerprint density at radius 3 is 2.23 bits per heavy atom. The number of halogens is 1. The summed E-state index contributed by atoms with van der Waals surface area (Å²) in [5.41, 5.74) is 5.92. The van der Waals surface area contributed by atoms with Gasteiger partial charge in [0.05, 0.1) is 36.3 Å². The molecule has 4 rings (SSSR count). The van der Waals surface area contributed by atoms with Crippen molar-refractivity contribution in [3.63, 3.8) is 0 Å². The van der Waals surface area contributed by atoms with E-state index in [9.17, 15) is 13.2 Å². The van der Waals surface area contributed by atoms with E-state index in [0.29, 0.717) is 39.4 Å². The molecule has 0 heterocycles. The molecule has 0 fully saturated rings. The Hall–Kier alpha value is -4.15. The third-order valence-electron chi connectivity index (χ3n) is 5.84. The first-order chi connectivity index (χ1) is 19.2. The molecule has 1 N–H and O–H groups in total. The SMILES string of the molecule is COc1cc(/C=N\NC(=O)c2ccc(CN(c3ccccc3)S(C)(=O)=O)cc2)cc(Br)c1OCc1ccccc1. The number of ether oxygens (including phenoxy) is 2. The summed E-state index contributed by atoms with van der Waals surface area (Å²) in [6.45, 7) is 0.529. The lowest BCUT2D eigenvalue weighted by atomic mass is 10.1. The average molecular weight is 623 g/mol. The van der Waals surface area contributed by atoms with Crippen molar-refractivity contribution in [3.8, 4) is 11.5 Å². The molecule has 0 radical (unpaired) electrons. The van der Waals surface area contributed by atoms with Crippen LogP contribution in [0.3, 0.4) is 0 Å². The molecule has 10 heteroatoms. The number of carbonyl (C=O) groups is 1. The summed E-state index contributed by atoms with van der Waals surface area (Å²) in [5.74, 6) is 0.682. The summed E-state index contributed by atoms with van der Waals surface area (Å²) in [4.78, 5) is 12.6. The summed E-state index contributed by atoms with van der Waals surface area (Å²) in [5, 5.41) is 4.07. The Bertz CT molecular complexity index is 1580. The van der Waals surface area contributed by atoms with Crippen molar-refractivity contribution in [3.05, 3.63) is 124 Å². The largest absolute Gasteiger partial charge is 0.493 e. The van der Waals surface area contributed by atoms with Gasteiger partial charge in [-0.3, -0.25) is 9.10 Å². The fourth-order valence-corrected chi connectivity index (χ4v) is 5.30. The lowest BCUT2D eigenvalue weighted by molar-refractivity contribution is 0.0955. The molecule has 4 aromatic carbocycles. The van der Waals surface area contributed by atoms with Gasteiger partial charge in [0.1, 0.15) is 6.61 Å². The van der Waals surface area contributed by atoms with Crippen molar-refractivity contribution < 1.29 is 22.7 Å². The first-order valence-electron chi connectivity index (χ1n) is 12.2. The van der Waals surface area contributed by atoms with Gasteiger partial charge in [0, 0.05) is 5.56 Å². The highest BCUT2D eigenvalue weighted by molar-refractivity contribution is 9.10. The van der Waals surface area contributed by atoms with Gasteiger partial charge in [-0.1, -0.05) is 60.7 Å². The molecule has 0 spiro atoms. The van der Waals surface area contributed by atoms with Crippen LogP contribution in [0, 0.1) is 0 Å². The number of para-hydroxylation sites is 1. The molecular weight excluding hydrogens is 594 g/mol. The number of amides is 1. The zero-order valence-electron chi connectivity index (χ0n) is 22.0. The van der Waals surface area contributed by atoms with E-state index in [1.54, 1.807) is 61.7 Å². The van der Waals surface area contributed by atoms with Crippen molar-refractivity contribution >= 4 is 43.8 Å². The summed E-state index contributed by atoms with van der Waals surface area (Å²) in [6, 6.07) is 28.9. The number of hydrazone groups is 1. The molecule has 206 valence electrons. The number of anilines is 1. The van der Waals surface area contributed by atoms with Gasteiger partial charge in [-0.2, -0.15) is 5.10 Å². The van der Waals surface area contributed by atoms with Crippen molar-refractivity contribution in [1.29, 1.82) is 0 Å². The van der Waals surface area contributed by atoms with Crippen molar-refractivity contribution in [2.45, 2.75) is 13.2 Å². The van der Waals surface area contributed by atoms with Gasteiger partial charge in [0.15, 0.2) is 11.5 Å². The highest BCUT2D eigenvalue weighted by Crippen LogP contribution is 2.36. The van der Waals surface area contributed by atoms with E-state index in [4.69, 9.17) is 9.47 Å². The van der Waals surface area contributed by atoms with Crippen LogP contribution in [0.25, 0.3) is 0 Å². The van der Waals surface area contributed by atoms with Gasteiger partial charge in [-0.05, 0) is 69.0 Å². The standard InChI is InChI=1S/C30H28BrN3O5S/c1-38-28-18-24(17-27(31)29(28)39-21-23-9-5-3-6-10-23)19-32-33-30(35)25-15-13-22(14-16-25)20-34(40(2,36)37)26-11-7-4-8-12-26/h3-19H,20-21H2,1-2H3,(H,33,35)/b32-19-. The Labute approximate surface area is 242 Å². The third-order valence-corrected chi connectivity index (χ3v) is 7.57. The van der Waals surface area contributed by atoms with Crippen LogP contribution in [0.2, 0.25) is 0 Å². The summed E-state index contributed by atoms with van der Waals surface area (Å²) < 4.78 is 38.1. The molecule has 0 atom stereocenters. The molecule has 0 bridgehead atoms. The number of nitrogens with one attached hydrogen (secondary N) is 1. The Morgan fingerprint density at radius 1 is 0.950 bits per heavy atom. The maximum absolute atomic E-state index is 12.6. The highest BCUT2D eigenvalue weighted by atomic mass is 79.9. The number of sulfonamides is 1. The molecule has 1 amide bonds. The van der Waals surface area contributed by atoms with Gasteiger partial charge < -0.3 is 9.47 Å². The molecule has 0 aliphatic carbocycles. The van der Waals surface area contributed by atoms with Gasteiger partial charge in [0.25, 0.3) is 5.91 Å². The summed E-state index contributed by atoms with van der Waals surface area (Å²) >= 11 is 3.53. The van der Waals surface area contributed by atoms with E-state index in [-0.39, 0.29) is 6.54 Å². The molecule has 0 saturated carbocycles. The maximum Gasteiger partial charge on any atom is 0.271 e. The fraction of sp³-hybridized carbons (Fsp3) is 0.133. The van der Waals surface area contributed by atoms with Crippen molar-refractivity contribution in [2.24, 2.45) is 5.10 Å². The Morgan fingerprint density at radius 2 is 1.60 bits per heavy atom. The van der Waals surface area contributed by atoms with E-state index >= 15 is 0 Å². The van der Waals surface area contributed by atoms with Crippen LogP contribution >= 0.6 is 15.9 Å². The van der Waals surface area contributed by atoms with E-state index in [1.807, 2.05) is 42.5 Å². The number of hydrogen-bond acceptors (Lipinski definition) is 6. The second-order valence-corrected chi connectivity index (χ2v) is 11.6. The number of hydrogen-bond donors (Lipinski definition) is 1. The van der Waals surface area contributed by atoms with Crippen molar-refractivity contribution in [2.75, 3.05) is 17.7 Å². The number of methoxy groups -OCH3 is 1. The second-order valence-electron chi connectivity index (χ2n) is 8.81. The minimum Gasteiger partial charge on any atom is -0.493 e. The smallest absolute Gasteiger partial charge is 0.271 e. The molecule has 8 nitrogen and oxygen atoms in total. The summed E-state index contributed by atoms with van der Waals surface area (Å²) in [7, 11) is -1.94. The topological polar surface area (TPSA) is 97.3 Å². The van der Waals surface area contributed by atoms with E-state index in [2.05, 4.69) is 26.5 Å². The van der Waals surface area contributed by atoms with Gasteiger partial charge in [-0.25, -0.2) is 13.8 Å². The molecule has 4 aromatic rings. The number of nitrogens with zero attached hydrogens (tertiary/aromatic N) is 2. The number of rotatable bonds is 11. The van der Waals surface area contributed by atoms with Crippen LogP contribution in [0.5, 0.6) is 11.5 Å². The quantitative estimate of drug-likeness (QED) is 0.169. The monoisotopic (exact) mass is 621 g/mol. The second kappa shape index (κ2) is 13.3. The maximum atomic E-state index is 12.6. The molecule has 0 aliphatic heterocycles. The predicted molar refractivity (Wildman–Crippen MR) is 160 cm³/mol. The molecule has 0 saturated heterocycles. The van der Waals surface area contributed by atoms with E-state index < -0.39 is 15.9 Å². The molecule has 0 aliphatic rings. The fourth-order valence-electron chi connectivity index (χ4n) is 3.84. The number of benzene rings is 4. The minimum atomic E-state index is -3.49. The van der Waals surface area contributed by atoms with Crippen LogP contribution < -0.4 is 19.2 Å². The minimum absolute atomic E-state index is 0.144. The first kappa shape index (κ1) is 28.8. The zero-order chi connectivity index (χ0) is 28.5. The zero-order valence-corrected chi connectivity index (χ0v) is 24.4. The van der Waals surface area contributed by atoms with Crippen LogP contribution in [0.15, 0.2) is 107 Å². The molecular formula is C30H28BrN3O5S. The molecule has 0 aromatic heterocycles. The van der Waals surface area contributed by atoms with Crippen LogP contribution in [-0.4, -0.2) is 33.9 Å². The van der Waals surface area contributed by atoms with Crippen LogP contribution in [0.1, 0.15) is 27.0 Å². The summed E-state index contributed by atoms with van der Waals surface area (Å²) in [6.07, 6.45) is 2.67. The van der Waals surface area contributed by atoms with E-state index in [0.717, 1.165) is 11.1 Å². The third kappa shape index (κ3) is 7.71. The molecule has 40 heavy (non-hydrogen) atoms. The van der Waals surface area contributed by atoms with Gasteiger partial charge in [0.2, 0.25) is 10.0 Å². The average Bonchev–Trinajstić information content (AvgIpc) is 2.95. The van der Waals surface area contributed by atoms with Gasteiger partial charge >= 0.3 is 0 Å². The van der Waals surface area contributed by atoms with Crippen LogP contribution in [-0.2, 0) is 23.2 Å². The van der Waals surface area contributed by atoms with E-state index in [1.165, 1.54) is 16.8 Å². The van der Waals surface area contributed by atoms with Gasteiger partial charge in [-0.15, -0.1) is 0 Å². The number of carbonyl (C=O) groups excluding carboxylic acids is 1. The highest BCUT2D eigenvalue weighted by Gasteiger charge is 2.18. The lowest BCUT2D eigenvalue weighted by Crippen LogP contribution is -2.29. The van der Waals surface area contributed by atoms with Crippen LogP contribution in [0.4, 0.5) is 5.69 Å². The normalized spacial score (nSPS) is 11.3. The Balaban J connectivity index is 1.39.